The Morgan fingerprint density at radius 1 is 1.08 bits per heavy atom. The Hall–Kier alpha value is -2.74. The number of benzene rings is 2. The van der Waals surface area contributed by atoms with Crippen molar-refractivity contribution >= 4 is 21.6 Å². The molecular weight excluding hydrogens is 356 g/mol. The highest BCUT2D eigenvalue weighted by molar-refractivity contribution is 7.92. The molecule has 0 fully saturated rings. The normalized spacial score (nSPS) is 11.1. The first-order valence-electron chi connectivity index (χ1n) is 7.96. The van der Waals surface area contributed by atoms with E-state index in [4.69, 9.17) is 9.47 Å². The van der Waals surface area contributed by atoms with Crippen LogP contribution in [-0.2, 0) is 10.0 Å². The predicted octanol–water partition coefficient (Wildman–Crippen LogP) is 2.64. The van der Waals surface area contributed by atoms with Crippen LogP contribution in [0.5, 0.6) is 11.5 Å². The summed E-state index contributed by atoms with van der Waals surface area (Å²) in [6.07, 6.45) is -0.00122. The van der Waals surface area contributed by atoms with E-state index >= 15 is 0 Å². The SMILES string of the molecule is CNC(=O)c1ccc(NS(=O)(=O)c2ccc(OC(C)C)cc2)c(OC)c1. The number of methoxy groups -OCH3 is 1. The molecule has 2 rings (SSSR count). The van der Waals surface area contributed by atoms with Crippen LogP contribution in [-0.4, -0.2) is 34.6 Å². The number of nitrogens with one attached hydrogen (secondary N) is 2. The van der Waals surface area contributed by atoms with Gasteiger partial charge >= 0.3 is 0 Å². The average Bonchev–Trinajstić information content (AvgIpc) is 2.61. The van der Waals surface area contributed by atoms with Crippen LogP contribution in [0.15, 0.2) is 47.4 Å². The molecule has 0 radical (unpaired) electrons. The predicted molar refractivity (Wildman–Crippen MR) is 99.4 cm³/mol. The van der Waals surface area contributed by atoms with Gasteiger partial charge in [0.05, 0.1) is 23.8 Å². The Balaban J connectivity index is 2.27. The zero-order valence-electron chi connectivity index (χ0n) is 15.1. The third-order valence-electron chi connectivity index (χ3n) is 3.44. The minimum atomic E-state index is -3.82. The summed E-state index contributed by atoms with van der Waals surface area (Å²) in [6, 6.07) is 10.6. The van der Waals surface area contributed by atoms with E-state index in [0.29, 0.717) is 11.3 Å². The summed E-state index contributed by atoms with van der Waals surface area (Å²) in [6.45, 7) is 3.78. The zero-order chi connectivity index (χ0) is 19.3. The van der Waals surface area contributed by atoms with Gasteiger partial charge in [0.2, 0.25) is 0 Å². The van der Waals surface area contributed by atoms with Gasteiger partial charge in [0.25, 0.3) is 15.9 Å². The summed E-state index contributed by atoms with van der Waals surface area (Å²) >= 11 is 0. The number of carbonyl (C=O) groups excluding carboxylic acids is 1. The first-order chi connectivity index (χ1) is 12.3. The van der Waals surface area contributed by atoms with Crippen LogP contribution in [0, 0.1) is 0 Å². The topological polar surface area (TPSA) is 93.7 Å². The second-order valence-corrected chi connectivity index (χ2v) is 7.42. The number of hydrogen-bond acceptors (Lipinski definition) is 5. The molecule has 0 unspecified atom stereocenters. The number of ether oxygens (including phenoxy) is 2. The van der Waals surface area contributed by atoms with Crippen LogP contribution in [0.1, 0.15) is 24.2 Å². The fourth-order valence-electron chi connectivity index (χ4n) is 2.23. The lowest BCUT2D eigenvalue weighted by atomic mass is 10.2. The van der Waals surface area contributed by atoms with Crippen molar-refractivity contribution in [3.63, 3.8) is 0 Å². The van der Waals surface area contributed by atoms with Crippen LogP contribution in [0.3, 0.4) is 0 Å². The molecule has 0 saturated heterocycles. The van der Waals surface area contributed by atoms with Crippen molar-refractivity contribution in [3.8, 4) is 11.5 Å². The molecule has 0 heterocycles. The van der Waals surface area contributed by atoms with Crippen LogP contribution < -0.4 is 19.5 Å². The fraction of sp³-hybridized carbons (Fsp3) is 0.278. The third kappa shape index (κ3) is 4.66. The third-order valence-corrected chi connectivity index (χ3v) is 4.82. The molecule has 26 heavy (non-hydrogen) atoms. The Kier molecular flexibility index (Phi) is 6.10. The second-order valence-electron chi connectivity index (χ2n) is 5.74. The van der Waals surface area contributed by atoms with Crippen LogP contribution >= 0.6 is 0 Å². The molecule has 0 spiro atoms. The van der Waals surface area contributed by atoms with E-state index in [2.05, 4.69) is 10.0 Å². The molecule has 1 amide bonds. The van der Waals surface area contributed by atoms with Crippen molar-refractivity contribution in [2.75, 3.05) is 18.9 Å². The van der Waals surface area contributed by atoms with E-state index in [1.165, 1.54) is 44.5 Å². The molecule has 2 aromatic rings. The van der Waals surface area contributed by atoms with Gasteiger partial charge in [0, 0.05) is 12.6 Å². The maximum absolute atomic E-state index is 12.6. The quantitative estimate of drug-likeness (QED) is 0.772. The molecule has 7 nitrogen and oxygen atoms in total. The lowest BCUT2D eigenvalue weighted by Crippen LogP contribution is -2.18. The Morgan fingerprint density at radius 2 is 1.73 bits per heavy atom. The van der Waals surface area contributed by atoms with Gasteiger partial charge in [-0.3, -0.25) is 9.52 Å². The first-order valence-corrected chi connectivity index (χ1v) is 9.45. The van der Waals surface area contributed by atoms with Crippen molar-refractivity contribution in [1.29, 1.82) is 0 Å². The molecule has 0 aliphatic rings. The van der Waals surface area contributed by atoms with Gasteiger partial charge in [-0.25, -0.2) is 8.42 Å². The van der Waals surface area contributed by atoms with Crippen molar-refractivity contribution in [2.24, 2.45) is 0 Å². The molecule has 0 atom stereocenters. The molecule has 0 aliphatic heterocycles. The second kappa shape index (κ2) is 8.09. The molecular formula is C18H22N2O5S. The van der Waals surface area contributed by atoms with E-state index in [-0.39, 0.29) is 28.3 Å². The molecule has 2 aromatic carbocycles. The lowest BCUT2D eigenvalue weighted by molar-refractivity contribution is 0.0962. The van der Waals surface area contributed by atoms with E-state index in [1.807, 2.05) is 13.8 Å². The smallest absolute Gasteiger partial charge is 0.262 e. The van der Waals surface area contributed by atoms with Gasteiger partial charge in [0.15, 0.2) is 0 Å². The molecule has 0 saturated carbocycles. The van der Waals surface area contributed by atoms with E-state index < -0.39 is 10.0 Å². The standard InChI is InChI=1S/C18H22N2O5S/c1-12(2)25-14-6-8-15(9-7-14)26(22,23)20-16-10-5-13(18(21)19-3)11-17(16)24-4/h5-12,20H,1-4H3,(H,19,21). The van der Waals surface area contributed by atoms with E-state index in [0.717, 1.165) is 0 Å². The Labute approximate surface area is 153 Å². The molecule has 0 aromatic heterocycles. The van der Waals surface area contributed by atoms with E-state index in [9.17, 15) is 13.2 Å². The first kappa shape index (κ1) is 19.6. The van der Waals surface area contributed by atoms with Gasteiger partial charge in [0.1, 0.15) is 11.5 Å². The highest BCUT2D eigenvalue weighted by Gasteiger charge is 2.18. The van der Waals surface area contributed by atoms with Gasteiger partial charge in [-0.1, -0.05) is 0 Å². The summed E-state index contributed by atoms with van der Waals surface area (Å²) in [7, 11) is -0.902. The summed E-state index contributed by atoms with van der Waals surface area (Å²) in [5.41, 5.74) is 0.602. The fourth-order valence-corrected chi connectivity index (χ4v) is 3.30. The minimum Gasteiger partial charge on any atom is -0.495 e. The molecule has 8 heteroatoms. The van der Waals surface area contributed by atoms with Gasteiger partial charge in [-0.15, -0.1) is 0 Å². The summed E-state index contributed by atoms with van der Waals surface area (Å²) in [5.74, 6) is 0.541. The molecule has 0 aliphatic carbocycles. The highest BCUT2D eigenvalue weighted by atomic mass is 32.2. The maximum atomic E-state index is 12.6. The van der Waals surface area contributed by atoms with Gasteiger partial charge in [-0.2, -0.15) is 0 Å². The largest absolute Gasteiger partial charge is 0.495 e. The molecule has 2 N–H and O–H groups in total. The van der Waals surface area contributed by atoms with Gasteiger partial charge < -0.3 is 14.8 Å². The summed E-state index contributed by atoms with van der Waals surface area (Å²) < 4.78 is 38.4. The zero-order valence-corrected chi connectivity index (χ0v) is 15.9. The number of amides is 1. The minimum absolute atomic E-state index is 0.00122. The monoisotopic (exact) mass is 378 g/mol. The summed E-state index contributed by atoms with van der Waals surface area (Å²) in [4.78, 5) is 11.8. The van der Waals surface area contributed by atoms with Gasteiger partial charge in [-0.05, 0) is 56.3 Å². The number of sulfonamides is 1. The average molecular weight is 378 g/mol. The van der Waals surface area contributed by atoms with Crippen LogP contribution in [0.4, 0.5) is 5.69 Å². The molecule has 140 valence electrons. The van der Waals surface area contributed by atoms with Crippen molar-refractivity contribution in [1.82, 2.24) is 5.32 Å². The highest BCUT2D eigenvalue weighted by Crippen LogP contribution is 2.28. The molecule has 0 bridgehead atoms. The van der Waals surface area contributed by atoms with Crippen molar-refractivity contribution < 1.29 is 22.7 Å². The lowest BCUT2D eigenvalue weighted by Gasteiger charge is -2.14. The van der Waals surface area contributed by atoms with Crippen LogP contribution in [0.2, 0.25) is 0 Å². The van der Waals surface area contributed by atoms with Crippen LogP contribution in [0.25, 0.3) is 0 Å². The number of anilines is 1. The van der Waals surface area contributed by atoms with Crippen molar-refractivity contribution in [3.05, 3.63) is 48.0 Å². The Morgan fingerprint density at radius 3 is 2.27 bits per heavy atom. The Bertz CT molecular complexity index is 877. The number of carbonyl (C=O) groups is 1. The van der Waals surface area contributed by atoms with E-state index in [1.54, 1.807) is 12.1 Å². The maximum Gasteiger partial charge on any atom is 0.262 e. The van der Waals surface area contributed by atoms with Crippen molar-refractivity contribution in [2.45, 2.75) is 24.8 Å². The number of rotatable bonds is 7. The summed E-state index contributed by atoms with van der Waals surface area (Å²) in [5, 5.41) is 2.50. The number of hydrogen-bond donors (Lipinski definition) is 2.